The average Bonchev–Trinajstić information content (AvgIpc) is 2.39. The molecule has 88 valence electrons. The topological polar surface area (TPSA) is 57.0 Å². The first-order valence-corrected chi connectivity index (χ1v) is 5.81. The van der Waals surface area contributed by atoms with Crippen LogP contribution in [-0.2, 0) is 4.79 Å². The van der Waals surface area contributed by atoms with Crippen LogP contribution in [0.15, 0.2) is 18.3 Å². The molecule has 0 bridgehead atoms. The first-order valence-electron chi connectivity index (χ1n) is 5.81. The van der Waals surface area contributed by atoms with E-state index in [-0.39, 0.29) is 0 Å². The predicted molar refractivity (Wildman–Crippen MR) is 64.6 cm³/mol. The number of carbonyl (C=O) groups is 1. The predicted octanol–water partition coefficient (Wildman–Crippen LogP) is 1.90. The Hall–Kier alpha value is -1.89. The fraction of sp³-hybridized carbons (Fsp3) is 0.462. The van der Waals surface area contributed by atoms with Gasteiger partial charge < -0.3 is 4.90 Å². The van der Waals surface area contributed by atoms with Crippen molar-refractivity contribution < 1.29 is 4.79 Å². The van der Waals surface area contributed by atoms with Crippen LogP contribution in [0.4, 0.5) is 5.82 Å². The second-order valence-corrected chi connectivity index (χ2v) is 4.40. The fourth-order valence-electron chi connectivity index (χ4n) is 2.16. The summed E-state index contributed by atoms with van der Waals surface area (Å²) >= 11 is 0. The number of pyridine rings is 1. The van der Waals surface area contributed by atoms with Gasteiger partial charge in [-0.1, -0.05) is 0 Å². The number of carbonyl (C=O) groups excluding carboxylic acids is 1. The van der Waals surface area contributed by atoms with E-state index >= 15 is 0 Å². The molecule has 0 amide bonds. The van der Waals surface area contributed by atoms with Gasteiger partial charge in [0.25, 0.3) is 0 Å². The van der Waals surface area contributed by atoms with E-state index in [1.165, 1.54) is 0 Å². The molecule has 0 saturated heterocycles. The van der Waals surface area contributed by atoms with Crippen LogP contribution in [0.5, 0.6) is 0 Å². The van der Waals surface area contributed by atoms with Crippen LogP contribution in [0.3, 0.4) is 0 Å². The minimum Gasteiger partial charge on any atom is -0.357 e. The molecule has 0 N–H and O–H groups in total. The number of rotatable bonds is 2. The van der Waals surface area contributed by atoms with E-state index in [9.17, 15) is 4.79 Å². The number of Topliss-reactive ketones (excluding diaryl/α,β-unsaturated/α-hetero) is 1. The molecule has 1 aromatic heterocycles. The lowest BCUT2D eigenvalue weighted by Crippen LogP contribution is -2.35. The molecule has 0 unspecified atom stereocenters. The summed E-state index contributed by atoms with van der Waals surface area (Å²) in [7, 11) is 1.99. The third-order valence-electron chi connectivity index (χ3n) is 3.30. The zero-order valence-electron chi connectivity index (χ0n) is 9.89. The molecule has 1 aliphatic rings. The van der Waals surface area contributed by atoms with Gasteiger partial charge in [-0.25, -0.2) is 4.98 Å². The minimum absolute atomic E-state index is 0.363. The summed E-state index contributed by atoms with van der Waals surface area (Å²) in [5.74, 6) is 1.23. The Morgan fingerprint density at radius 1 is 1.41 bits per heavy atom. The lowest BCUT2D eigenvalue weighted by molar-refractivity contribution is -0.120. The van der Waals surface area contributed by atoms with Gasteiger partial charge in [-0.2, -0.15) is 5.26 Å². The molecule has 0 aliphatic heterocycles. The molecule has 0 atom stereocenters. The third kappa shape index (κ3) is 2.62. The Morgan fingerprint density at radius 2 is 2.12 bits per heavy atom. The lowest BCUT2D eigenvalue weighted by Gasteiger charge is -2.31. The van der Waals surface area contributed by atoms with Gasteiger partial charge in [0.1, 0.15) is 17.7 Å². The summed E-state index contributed by atoms with van der Waals surface area (Å²) in [6.07, 6.45) is 4.73. The quantitative estimate of drug-likeness (QED) is 0.777. The zero-order valence-corrected chi connectivity index (χ0v) is 9.89. The Kier molecular flexibility index (Phi) is 3.38. The molecule has 2 rings (SSSR count). The van der Waals surface area contributed by atoms with Crippen LogP contribution in [0.25, 0.3) is 0 Å². The molecule has 1 aliphatic carbocycles. The normalized spacial score (nSPS) is 16.6. The summed E-state index contributed by atoms with van der Waals surface area (Å²) in [5.41, 5.74) is 0.570. The molecule has 1 heterocycles. The van der Waals surface area contributed by atoms with E-state index in [1.807, 2.05) is 13.1 Å². The van der Waals surface area contributed by atoms with Crippen molar-refractivity contribution in [3.63, 3.8) is 0 Å². The second kappa shape index (κ2) is 4.96. The van der Waals surface area contributed by atoms with Gasteiger partial charge in [0, 0.05) is 32.1 Å². The van der Waals surface area contributed by atoms with Crippen molar-refractivity contribution in [3.8, 4) is 6.07 Å². The number of hydrogen-bond acceptors (Lipinski definition) is 4. The summed E-state index contributed by atoms with van der Waals surface area (Å²) in [6.45, 7) is 0. The van der Waals surface area contributed by atoms with Crippen molar-refractivity contribution in [3.05, 3.63) is 23.9 Å². The smallest absolute Gasteiger partial charge is 0.133 e. The van der Waals surface area contributed by atoms with Crippen LogP contribution in [-0.4, -0.2) is 23.9 Å². The fourth-order valence-corrected chi connectivity index (χ4v) is 2.16. The highest BCUT2D eigenvalue weighted by atomic mass is 16.1. The van der Waals surface area contributed by atoms with Crippen LogP contribution < -0.4 is 4.90 Å². The van der Waals surface area contributed by atoms with E-state index in [2.05, 4.69) is 16.0 Å². The number of anilines is 1. The minimum atomic E-state index is 0.363. The van der Waals surface area contributed by atoms with Gasteiger partial charge in [0.05, 0.1) is 5.56 Å². The van der Waals surface area contributed by atoms with Gasteiger partial charge in [-0.15, -0.1) is 0 Å². The molecular formula is C13H15N3O. The first-order chi connectivity index (χ1) is 8.20. The summed E-state index contributed by atoms with van der Waals surface area (Å²) in [5, 5.41) is 8.70. The molecule has 0 aromatic carbocycles. The Bertz CT molecular complexity index is 437. The molecule has 1 aromatic rings. The van der Waals surface area contributed by atoms with Crippen molar-refractivity contribution in [1.82, 2.24) is 4.98 Å². The third-order valence-corrected chi connectivity index (χ3v) is 3.30. The van der Waals surface area contributed by atoms with Crippen LogP contribution >= 0.6 is 0 Å². The van der Waals surface area contributed by atoms with Crippen molar-refractivity contribution >= 4 is 11.6 Å². The van der Waals surface area contributed by atoms with Crippen LogP contribution in [0.2, 0.25) is 0 Å². The standard InChI is InChI=1S/C13H15N3O/c1-16(11-3-5-12(17)6-4-11)13-7-2-10(8-14)9-15-13/h2,7,9,11H,3-6H2,1H3. The van der Waals surface area contributed by atoms with Crippen molar-refractivity contribution in [1.29, 1.82) is 5.26 Å². The average molecular weight is 229 g/mol. The monoisotopic (exact) mass is 229 g/mol. The largest absolute Gasteiger partial charge is 0.357 e. The lowest BCUT2D eigenvalue weighted by atomic mass is 9.93. The van der Waals surface area contributed by atoms with Gasteiger partial charge >= 0.3 is 0 Å². The first kappa shape index (κ1) is 11.6. The van der Waals surface area contributed by atoms with Crippen molar-refractivity contribution in [2.24, 2.45) is 0 Å². The van der Waals surface area contributed by atoms with Crippen LogP contribution in [0, 0.1) is 11.3 Å². The number of ketones is 1. The molecule has 0 spiro atoms. The zero-order chi connectivity index (χ0) is 12.3. The highest BCUT2D eigenvalue weighted by Crippen LogP contribution is 2.23. The molecule has 17 heavy (non-hydrogen) atoms. The maximum atomic E-state index is 11.2. The van der Waals surface area contributed by atoms with E-state index in [0.29, 0.717) is 30.2 Å². The van der Waals surface area contributed by atoms with Gasteiger partial charge in [0.15, 0.2) is 0 Å². The molecule has 0 radical (unpaired) electrons. The van der Waals surface area contributed by atoms with Gasteiger partial charge in [0.2, 0.25) is 0 Å². The SMILES string of the molecule is CN(c1ccc(C#N)cn1)C1CCC(=O)CC1. The van der Waals surface area contributed by atoms with E-state index in [1.54, 1.807) is 12.3 Å². The Morgan fingerprint density at radius 3 is 2.65 bits per heavy atom. The maximum Gasteiger partial charge on any atom is 0.133 e. The van der Waals surface area contributed by atoms with Crippen molar-refractivity contribution in [2.75, 3.05) is 11.9 Å². The highest BCUT2D eigenvalue weighted by molar-refractivity contribution is 5.79. The molecular weight excluding hydrogens is 214 g/mol. The molecule has 1 saturated carbocycles. The Labute approximate surface area is 101 Å². The van der Waals surface area contributed by atoms with E-state index < -0.39 is 0 Å². The van der Waals surface area contributed by atoms with Gasteiger partial charge in [-0.05, 0) is 25.0 Å². The molecule has 4 heteroatoms. The second-order valence-electron chi connectivity index (χ2n) is 4.40. The number of hydrogen-bond donors (Lipinski definition) is 0. The highest BCUT2D eigenvalue weighted by Gasteiger charge is 2.22. The summed E-state index contributed by atoms with van der Waals surface area (Å²) in [4.78, 5) is 17.5. The number of nitriles is 1. The maximum absolute atomic E-state index is 11.2. The number of aromatic nitrogens is 1. The van der Waals surface area contributed by atoms with Crippen LogP contribution in [0.1, 0.15) is 31.2 Å². The summed E-state index contributed by atoms with van der Waals surface area (Å²) < 4.78 is 0. The van der Waals surface area contributed by atoms with Crippen molar-refractivity contribution in [2.45, 2.75) is 31.7 Å². The molecule has 1 fully saturated rings. The van der Waals surface area contributed by atoms with E-state index in [0.717, 1.165) is 18.7 Å². The van der Waals surface area contributed by atoms with E-state index in [4.69, 9.17) is 5.26 Å². The molecule has 4 nitrogen and oxygen atoms in total. The van der Waals surface area contributed by atoms with Gasteiger partial charge in [-0.3, -0.25) is 4.79 Å². The Balaban J connectivity index is 2.06. The summed E-state index contributed by atoms with van der Waals surface area (Å²) in [6, 6.07) is 6.06. The number of nitrogens with zero attached hydrogens (tertiary/aromatic N) is 3.